The zero-order valence-corrected chi connectivity index (χ0v) is 14.2. The van der Waals surface area contributed by atoms with Gasteiger partial charge in [-0.25, -0.2) is 14.8 Å². The lowest BCUT2D eigenvalue weighted by molar-refractivity contribution is 0.102. The molecule has 24 heavy (non-hydrogen) atoms. The molecule has 126 valence electrons. The number of amides is 2. The van der Waals surface area contributed by atoms with Crippen LogP contribution in [0.2, 0.25) is 5.02 Å². The first-order chi connectivity index (χ1) is 11.4. The van der Waals surface area contributed by atoms with Gasteiger partial charge in [-0.2, -0.15) is 0 Å². The van der Waals surface area contributed by atoms with Gasteiger partial charge in [0, 0.05) is 17.3 Å². The van der Waals surface area contributed by atoms with Gasteiger partial charge in [-0.15, -0.1) is 0 Å². The molecular formula is C16H17ClN4O3. The summed E-state index contributed by atoms with van der Waals surface area (Å²) in [5.41, 5.74) is 1.20. The Bertz CT molecular complexity index is 747. The van der Waals surface area contributed by atoms with Crippen molar-refractivity contribution in [1.29, 1.82) is 0 Å². The maximum absolute atomic E-state index is 12.3. The Labute approximate surface area is 144 Å². The van der Waals surface area contributed by atoms with Crippen molar-refractivity contribution >= 4 is 35.0 Å². The molecule has 1 aromatic carbocycles. The summed E-state index contributed by atoms with van der Waals surface area (Å²) in [6.07, 6.45) is 0.850. The van der Waals surface area contributed by atoms with Crippen LogP contribution in [0.25, 0.3) is 0 Å². The number of hydrogen-bond acceptors (Lipinski definition) is 5. The Balaban J connectivity index is 2.12. The van der Waals surface area contributed by atoms with E-state index in [1.807, 2.05) is 13.8 Å². The Morgan fingerprint density at radius 1 is 1.12 bits per heavy atom. The number of hydrogen-bond donors (Lipinski definition) is 2. The summed E-state index contributed by atoms with van der Waals surface area (Å²) in [5.74, 6) is 0.192. The summed E-state index contributed by atoms with van der Waals surface area (Å²) in [4.78, 5) is 31.8. The minimum absolute atomic E-state index is 0.0810. The number of benzene rings is 1. The zero-order valence-electron chi connectivity index (χ0n) is 13.5. The molecular weight excluding hydrogens is 332 g/mol. The van der Waals surface area contributed by atoms with Gasteiger partial charge in [0.2, 0.25) is 0 Å². The van der Waals surface area contributed by atoms with Crippen molar-refractivity contribution in [3.63, 3.8) is 0 Å². The Morgan fingerprint density at radius 3 is 2.25 bits per heavy atom. The van der Waals surface area contributed by atoms with Crippen LogP contribution in [0.4, 0.5) is 16.2 Å². The van der Waals surface area contributed by atoms with E-state index in [-0.39, 0.29) is 16.6 Å². The number of nitrogens with one attached hydrogen (secondary N) is 2. The van der Waals surface area contributed by atoms with E-state index >= 15 is 0 Å². The average Bonchev–Trinajstić information content (AvgIpc) is 2.56. The Kier molecular flexibility index (Phi) is 5.70. The van der Waals surface area contributed by atoms with Crippen molar-refractivity contribution in [2.75, 3.05) is 17.7 Å². The summed E-state index contributed by atoms with van der Waals surface area (Å²) in [5, 5.41) is 5.40. The Hall–Kier alpha value is -2.67. The summed E-state index contributed by atoms with van der Waals surface area (Å²) >= 11 is 6.01. The van der Waals surface area contributed by atoms with E-state index in [1.165, 1.54) is 13.3 Å². The highest BCUT2D eigenvalue weighted by Gasteiger charge is 2.15. The maximum atomic E-state index is 12.3. The number of nitrogens with zero attached hydrogens (tertiary/aromatic N) is 2. The number of halogens is 1. The van der Waals surface area contributed by atoms with E-state index in [2.05, 4.69) is 25.3 Å². The molecule has 0 aliphatic rings. The minimum atomic E-state index is -0.569. The molecule has 0 saturated carbocycles. The van der Waals surface area contributed by atoms with Gasteiger partial charge >= 0.3 is 6.09 Å². The molecule has 0 spiro atoms. The van der Waals surface area contributed by atoms with Crippen LogP contribution in [-0.4, -0.2) is 29.1 Å². The van der Waals surface area contributed by atoms with Gasteiger partial charge in [-0.05, 0) is 24.3 Å². The predicted octanol–water partition coefficient (Wildman–Crippen LogP) is 3.68. The molecule has 0 saturated heterocycles. The molecule has 2 aromatic rings. The molecule has 0 fully saturated rings. The molecule has 8 heteroatoms. The number of aromatic nitrogens is 2. The van der Waals surface area contributed by atoms with Gasteiger partial charge in [-0.3, -0.25) is 10.1 Å². The van der Waals surface area contributed by atoms with Crippen molar-refractivity contribution in [3.05, 3.63) is 47.0 Å². The molecule has 2 amide bonds. The van der Waals surface area contributed by atoms with E-state index in [1.54, 1.807) is 24.3 Å². The SMILES string of the molecule is COC(=O)Nc1ccc(NC(=O)c2nc(C(C)C)ncc2Cl)cc1. The summed E-state index contributed by atoms with van der Waals surface area (Å²) < 4.78 is 4.50. The first-order valence-electron chi connectivity index (χ1n) is 7.19. The highest BCUT2D eigenvalue weighted by Crippen LogP contribution is 2.19. The van der Waals surface area contributed by atoms with Gasteiger partial charge in [0.1, 0.15) is 5.82 Å². The lowest BCUT2D eigenvalue weighted by Crippen LogP contribution is -2.16. The fourth-order valence-corrected chi connectivity index (χ4v) is 1.99. The van der Waals surface area contributed by atoms with Crippen molar-refractivity contribution < 1.29 is 14.3 Å². The van der Waals surface area contributed by atoms with Gasteiger partial charge in [-0.1, -0.05) is 25.4 Å². The van der Waals surface area contributed by atoms with Crippen LogP contribution < -0.4 is 10.6 Å². The van der Waals surface area contributed by atoms with Crippen LogP contribution in [0.1, 0.15) is 36.1 Å². The molecule has 0 radical (unpaired) electrons. The van der Waals surface area contributed by atoms with Crippen molar-refractivity contribution in [2.24, 2.45) is 0 Å². The number of carbonyl (C=O) groups excluding carboxylic acids is 2. The molecule has 7 nitrogen and oxygen atoms in total. The maximum Gasteiger partial charge on any atom is 0.411 e. The molecule has 0 aliphatic carbocycles. The van der Waals surface area contributed by atoms with Crippen LogP contribution in [0.5, 0.6) is 0 Å². The number of carbonyl (C=O) groups is 2. The van der Waals surface area contributed by atoms with Crippen molar-refractivity contribution in [1.82, 2.24) is 9.97 Å². The van der Waals surface area contributed by atoms with Crippen LogP contribution >= 0.6 is 11.6 Å². The third kappa shape index (κ3) is 4.42. The van der Waals surface area contributed by atoms with Crippen LogP contribution in [0, 0.1) is 0 Å². The largest absolute Gasteiger partial charge is 0.453 e. The molecule has 0 aliphatic heterocycles. The fraction of sp³-hybridized carbons (Fsp3) is 0.250. The predicted molar refractivity (Wildman–Crippen MR) is 91.6 cm³/mol. The number of methoxy groups -OCH3 is 1. The number of ether oxygens (including phenoxy) is 1. The molecule has 0 atom stereocenters. The molecule has 2 N–H and O–H groups in total. The summed E-state index contributed by atoms with van der Waals surface area (Å²) in [6.45, 7) is 3.86. The number of rotatable bonds is 4. The van der Waals surface area contributed by atoms with Crippen LogP contribution in [0.3, 0.4) is 0 Å². The van der Waals surface area contributed by atoms with Crippen molar-refractivity contribution in [2.45, 2.75) is 19.8 Å². The van der Waals surface area contributed by atoms with Gasteiger partial charge in [0.15, 0.2) is 5.69 Å². The minimum Gasteiger partial charge on any atom is -0.453 e. The van der Waals surface area contributed by atoms with Gasteiger partial charge < -0.3 is 10.1 Å². The van der Waals surface area contributed by atoms with E-state index < -0.39 is 12.0 Å². The highest BCUT2D eigenvalue weighted by atomic mass is 35.5. The van der Waals surface area contributed by atoms with Gasteiger partial charge in [0.05, 0.1) is 18.3 Å². The first-order valence-corrected chi connectivity index (χ1v) is 7.57. The molecule has 2 rings (SSSR count). The second-order valence-corrected chi connectivity index (χ2v) is 5.63. The van der Waals surface area contributed by atoms with E-state index in [0.29, 0.717) is 17.2 Å². The van der Waals surface area contributed by atoms with Crippen LogP contribution in [-0.2, 0) is 4.74 Å². The third-order valence-electron chi connectivity index (χ3n) is 3.07. The van der Waals surface area contributed by atoms with E-state index in [4.69, 9.17) is 11.6 Å². The normalized spacial score (nSPS) is 10.4. The van der Waals surface area contributed by atoms with Gasteiger partial charge in [0.25, 0.3) is 5.91 Å². The highest BCUT2D eigenvalue weighted by molar-refractivity contribution is 6.33. The molecule has 1 heterocycles. The number of anilines is 2. The molecule has 1 aromatic heterocycles. The monoisotopic (exact) mass is 348 g/mol. The Morgan fingerprint density at radius 2 is 1.71 bits per heavy atom. The average molecular weight is 349 g/mol. The lowest BCUT2D eigenvalue weighted by Gasteiger charge is -2.09. The summed E-state index contributed by atoms with van der Waals surface area (Å²) in [7, 11) is 1.28. The molecule has 0 bridgehead atoms. The topological polar surface area (TPSA) is 93.2 Å². The molecule has 0 unspecified atom stereocenters. The summed E-state index contributed by atoms with van der Waals surface area (Å²) in [6, 6.07) is 6.55. The fourth-order valence-electron chi connectivity index (χ4n) is 1.81. The quantitative estimate of drug-likeness (QED) is 0.879. The lowest BCUT2D eigenvalue weighted by atomic mass is 10.2. The second kappa shape index (κ2) is 7.74. The smallest absolute Gasteiger partial charge is 0.411 e. The zero-order chi connectivity index (χ0) is 17.7. The first kappa shape index (κ1) is 17.7. The van der Waals surface area contributed by atoms with Crippen LogP contribution in [0.15, 0.2) is 30.5 Å². The second-order valence-electron chi connectivity index (χ2n) is 5.23. The van der Waals surface area contributed by atoms with Crippen molar-refractivity contribution in [3.8, 4) is 0 Å². The third-order valence-corrected chi connectivity index (χ3v) is 3.35. The standard InChI is InChI=1S/C16H17ClN4O3/c1-9(2)14-18-8-12(17)13(21-14)15(22)19-10-4-6-11(7-5-10)20-16(23)24-3/h4-9H,1-3H3,(H,19,22)(H,20,23). The van der Waals surface area contributed by atoms with E-state index in [9.17, 15) is 9.59 Å². The van der Waals surface area contributed by atoms with E-state index in [0.717, 1.165) is 0 Å².